The van der Waals surface area contributed by atoms with E-state index in [2.05, 4.69) is 13.8 Å². The Morgan fingerprint density at radius 2 is 1.88 bits per heavy atom. The molecule has 0 atom stereocenters. The van der Waals surface area contributed by atoms with Gasteiger partial charge in [-0.3, -0.25) is 0 Å². The first-order chi connectivity index (χ1) is 12.3. The molecule has 134 valence electrons. The second kappa shape index (κ2) is 7.16. The van der Waals surface area contributed by atoms with E-state index in [4.69, 9.17) is 9.15 Å². The smallest absolute Gasteiger partial charge is 0.338 e. The van der Waals surface area contributed by atoms with Crippen LogP contribution in [0.15, 0.2) is 51.7 Å². The second-order valence-corrected chi connectivity index (χ2v) is 6.90. The number of esters is 1. The number of carbonyl (C=O) groups is 1. The van der Waals surface area contributed by atoms with Gasteiger partial charge >= 0.3 is 11.6 Å². The third kappa shape index (κ3) is 3.69. The minimum absolute atomic E-state index is 0.0233. The van der Waals surface area contributed by atoms with Crippen molar-refractivity contribution in [1.82, 2.24) is 0 Å². The van der Waals surface area contributed by atoms with E-state index >= 15 is 0 Å². The average Bonchev–Trinajstić information content (AvgIpc) is 2.58. The Morgan fingerprint density at radius 1 is 1.12 bits per heavy atom. The van der Waals surface area contributed by atoms with Crippen molar-refractivity contribution in [2.75, 3.05) is 0 Å². The van der Waals surface area contributed by atoms with Crippen LogP contribution in [-0.2, 0) is 11.3 Å². The molecule has 4 heteroatoms. The summed E-state index contributed by atoms with van der Waals surface area (Å²) in [6.45, 7) is 8.17. The van der Waals surface area contributed by atoms with Gasteiger partial charge in [0.05, 0.1) is 5.56 Å². The lowest BCUT2D eigenvalue weighted by molar-refractivity contribution is 0.0473. The molecule has 0 bridgehead atoms. The predicted molar refractivity (Wildman–Crippen MR) is 102 cm³/mol. The largest absolute Gasteiger partial charge is 0.457 e. The fourth-order valence-corrected chi connectivity index (χ4v) is 3.13. The van der Waals surface area contributed by atoms with Crippen LogP contribution in [0.5, 0.6) is 0 Å². The Morgan fingerprint density at radius 3 is 2.58 bits per heavy atom. The molecule has 0 amide bonds. The average molecular weight is 350 g/mol. The molecule has 0 saturated carbocycles. The molecular formula is C22H22O4. The van der Waals surface area contributed by atoms with E-state index in [-0.39, 0.29) is 6.61 Å². The van der Waals surface area contributed by atoms with Crippen LogP contribution in [0.4, 0.5) is 0 Å². The normalized spacial score (nSPS) is 11.1. The fraction of sp³-hybridized carbons (Fsp3) is 0.273. The van der Waals surface area contributed by atoms with Gasteiger partial charge in [0.2, 0.25) is 0 Å². The summed E-state index contributed by atoms with van der Waals surface area (Å²) in [5.74, 6) is -0.0692. The zero-order chi connectivity index (χ0) is 18.8. The zero-order valence-corrected chi connectivity index (χ0v) is 15.5. The van der Waals surface area contributed by atoms with Gasteiger partial charge in [0.15, 0.2) is 0 Å². The van der Waals surface area contributed by atoms with Crippen molar-refractivity contribution >= 4 is 16.9 Å². The molecule has 0 N–H and O–H groups in total. The lowest BCUT2D eigenvalue weighted by Gasteiger charge is -2.13. The molecule has 0 saturated heterocycles. The molecule has 1 aromatic heterocycles. The monoisotopic (exact) mass is 350 g/mol. The van der Waals surface area contributed by atoms with Gasteiger partial charge in [-0.1, -0.05) is 31.5 Å². The summed E-state index contributed by atoms with van der Waals surface area (Å²) in [5, 5.41) is 0.802. The van der Waals surface area contributed by atoms with Crippen molar-refractivity contribution in [3.8, 4) is 0 Å². The number of fused-ring (bicyclic) bond motifs is 1. The number of carbonyl (C=O) groups excluding carboxylic acids is 1. The topological polar surface area (TPSA) is 56.5 Å². The van der Waals surface area contributed by atoms with Gasteiger partial charge in [0.25, 0.3) is 0 Å². The maximum Gasteiger partial charge on any atom is 0.338 e. The maximum atomic E-state index is 12.3. The van der Waals surface area contributed by atoms with Crippen LogP contribution in [0.3, 0.4) is 0 Å². The van der Waals surface area contributed by atoms with E-state index < -0.39 is 11.6 Å². The lowest BCUT2D eigenvalue weighted by Crippen LogP contribution is -2.08. The van der Waals surface area contributed by atoms with Crippen LogP contribution in [0.2, 0.25) is 0 Å². The van der Waals surface area contributed by atoms with Gasteiger partial charge in [-0.05, 0) is 55.2 Å². The highest BCUT2D eigenvalue weighted by molar-refractivity contribution is 5.90. The van der Waals surface area contributed by atoms with Crippen LogP contribution >= 0.6 is 0 Å². The van der Waals surface area contributed by atoms with Crippen LogP contribution in [0.25, 0.3) is 11.0 Å². The van der Waals surface area contributed by atoms with E-state index in [1.807, 2.05) is 38.1 Å². The fourth-order valence-electron chi connectivity index (χ4n) is 3.13. The minimum Gasteiger partial charge on any atom is -0.457 e. The Kier molecular flexibility index (Phi) is 4.94. The van der Waals surface area contributed by atoms with Crippen molar-refractivity contribution in [1.29, 1.82) is 0 Å². The third-order valence-corrected chi connectivity index (χ3v) is 4.45. The highest BCUT2D eigenvalue weighted by Gasteiger charge is 2.13. The predicted octanol–water partition coefficient (Wildman–Crippen LogP) is 4.89. The number of rotatable bonds is 4. The van der Waals surface area contributed by atoms with Crippen LogP contribution < -0.4 is 5.63 Å². The van der Waals surface area contributed by atoms with E-state index in [1.54, 1.807) is 12.1 Å². The molecule has 3 rings (SSSR count). The van der Waals surface area contributed by atoms with Gasteiger partial charge in [-0.15, -0.1) is 0 Å². The summed E-state index contributed by atoms with van der Waals surface area (Å²) in [6, 6.07) is 12.5. The summed E-state index contributed by atoms with van der Waals surface area (Å²) in [7, 11) is 0. The number of aryl methyl sites for hydroxylation is 2. The number of hydrogen-bond donors (Lipinski definition) is 0. The second-order valence-electron chi connectivity index (χ2n) is 6.90. The molecule has 1 heterocycles. The summed E-state index contributed by atoms with van der Waals surface area (Å²) in [6.07, 6.45) is 0. The van der Waals surface area contributed by atoms with Gasteiger partial charge in [-0.25, -0.2) is 9.59 Å². The van der Waals surface area contributed by atoms with Crippen LogP contribution in [0, 0.1) is 13.8 Å². The molecule has 0 unspecified atom stereocenters. The minimum atomic E-state index is -0.448. The molecule has 0 fully saturated rings. The van der Waals surface area contributed by atoms with Crippen molar-refractivity contribution < 1.29 is 13.9 Å². The van der Waals surface area contributed by atoms with Gasteiger partial charge < -0.3 is 9.15 Å². The Hall–Kier alpha value is -2.88. The first kappa shape index (κ1) is 17.9. The molecule has 0 aliphatic heterocycles. The van der Waals surface area contributed by atoms with Gasteiger partial charge in [0, 0.05) is 17.0 Å². The quantitative estimate of drug-likeness (QED) is 0.496. The van der Waals surface area contributed by atoms with E-state index in [0.29, 0.717) is 22.6 Å². The van der Waals surface area contributed by atoms with E-state index in [9.17, 15) is 9.59 Å². The number of hydrogen-bond acceptors (Lipinski definition) is 4. The van der Waals surface area contributed by atoms with Crippen molar-refractivity contribution in [3.63, 3.8) is 0 Å². The lowest BCUT2D eigenvalue weighted by atomic mass is 9.95. The van der Waals surface area contributed by atoms with E-state index in [1.165, 1.54) is 11.6 Å². The number of ether oxygens (including phenoxy) is 1. The first-order valence-corrected chi connectivity index (χ1v) is 8.66. The molecule has 0 aliphatic carbocycles. The van der Waals surface area contributed by atoms with Crippen molar-refractivity contribution in [2.45, 2.75) is 40.2 Å². The van der Waals surface area contributed by atoms with Crippen LogP contribution in [-0.4, -0.2) is 5.97 Å². The summed E-state index contributed by atoms with van der Waals surface area (Å²) < 4.78 is 10.8. The Bertz CT molecular complexity index is 1030. The van der Waals surface area contributed by atoms with Gasteiger partial charge in [0.1, 0.15) is 12.2 Å². The molecule has 2 aromatic carbocycles. The third-order valence-electron chi connectivity index (χ3n) is 4.45. The highest BCUT2D eigenvalue weighted by atomic mass is 16.5. The first-order valence-electron chi connectivity index (χ1n) is 8.66. The summed E-state index contributed by atoms with van der Waals surface area (Å²) in [4.78, 5) is 24.2. The van der Waals surface area contributed by atoms with E-state index in [0.717, 1.165) is 16.5 Å². The molecule has 0 aliphatic rings. The Balaban J connectivity index is 1.95. The SMILES string of the molecule is Cc1cccc(C(=O)OCc2cc(=O)oc3cc(C)c(C(C)C)cc23)c1. The van der Waals surface area contributed by atoms with Crippen molar-refractivity contribution in [3.05, 3.63) is 80.7 Å². The molecular weight excluding hydrogens is 328 g/mol. The molecule has 3 aromatic rings. The maximum absolute atomic E-state index is 12.3. The Labute approximate surface area is 152 Å². The molecule has 0 spiro atoms. The molecule has 26 heavy (non-hydrogen) atoms. The molecule has 0 radical (unpaired) electrons. The zero-order valence-electron chi connectivity index (χ0n) is 15.5. The van der Waals surface area contributed by atoms with Crippen molar-refractivity contribution in [2.24, 2.45) is 0 Å². The molecule has 4 nitrogen and oxygen atoms in total. The van der Waals surface area contributed by atoms with Crippen LogP contribution in [0.1, 0.15) is 52.4 Å². The summed E-state index contributed by atoms with van der Waals surface area (Å²) in [5.41, 5.74) is 4.46. The standard InChI is InChI=1S/C22H22O4/c1-13(2)18-11-19-17(10-21(23)26-20(19)9-15(18)4)12-25-22(24)16-7-5-6-14(3)8-16/h5-11,13H,12H2,1-4H3. The number of benzene rings is 2. The summed E-state index contributed by atoms with van der Waals surface area (Å²) >= 11 is 0. The van der Waals surface area contributed by atoms with Gasteiger partial charge in [-0.2, -0.15) is 0 Å². The highest BCUT2D eigenvalue weighted by Crippen LogP contribution is 2.27.